The maximum Gasteiger partial charge on any atom is 0.151 e. The summed E-state index contributed by atoms with van der Waals surface area (Å²) >= 11 is 0. The van der Waals surface area contributed by atoms with E-state index in [9.17, 15) is 4.39 Å². The van der Waals surface area contributed by atoms with Gasteiger partial charge in [0.2, 0.25) is 0 Å². The van der Waals surface area contributed by atoms with Gasteiger partial charge in [0.05, 0.1) is 37.5 Å². The summed E-state index contributed by atoms with van der Waals surface area (Å²) in [7, 11) is 0. The van der Waals surface area contributed by atoms with Gasteiger partial charge in [0.15, 0.2) is 5.82 Å². The van der Waals surface area contributed by atoms with E-state index >= 15 is 0 Å². The van der Waals surface area contributed by atoms with Crippen molar-refractivity contribution in [1.29, 1.82) is 0 Å². The van der Waals surface area contributed by atoms with Crippen LogP contribution in [-0.4, -0.2) is 50.4 Å². The Balaban J connectivity index is 1.42. The predicted molar refractivity (Wildman–Crippen MR) is 88.0 cm³/mol. The number of aromatic amines is 1. The van der Waals surface area contributed by atoms with Crippen LogP contribution in [0.2, 0.25) is 0 Å². The highest BCUT2D eigenvalue weighted by molar-refractivity contribution is 5.75. The molecule has 1 aliphatic heterocycles. The maximum atomic E-state index is 13.8. The molecule has 1 fully saturated rings. The average molecular weight is 329 g/mol. The van der Waals surface area contributed by atoms with Gasteiger partial charge < -0.3 is 9.72 Å². The van der Waals surface area contributed by atoms with Crippen LogP contribution in [0.15, 0.2) is 30.6 Å². The van der Waals surface area contributed by atoms with Crippen LogP contribution in [0.4, 0.5) is 4.39 Å². The quantitative estimate of drug-likeness (QED) is 0.796. The van der Waals surface area contributed by atoms with E-state index in [1.54, 1.807) is 6.07 Å². The molecule has 0 amide bonds. The number of aromatic nitrogens is 4. The lowest BCUT2D eigenvalue weighted by Gasteiger charge is -2.32. The summed E-state index contributed by atoms with van der Waals surface area (Å²) in [4.78, 5) is 9.87. The molecule has 1 N–H and O–H groups in total. The van der Waals surface area contributed by atoms with E-state index in [0.29, 0.717) is 18.7 Å². The maximum absolute atomic E-state index is 13.8. The van der Waals surface area contributed by atoms with Crippen molar-refractivity contribution < 1.29 is 9.13 Å². The molecule has 2 aromatic heterocycles. The van der Waals surface area contributed by atoms with Crippen LogP contribution in [-0.2, 0) is 17.8 Å². The van der Waals surface area contributed by atoms with Crippen LogP contribution in [0.1, 0.15) is 11.4 Å². The predicted octanol–water partition coefficient (Wildman–Crippen LogP) is 2.11. The van der Waals surface area contributed by atoms with Gasteiger partial charge in [0.25, 0.3) is 0 Å². The lowest BCUT2D eigenvalue weighted by atomic mass is 10.2. The van der Waals surface area contributed by atoms with Crippen molar-refractivity contribution >= 4 is 11.0 Å². The molecule has 1 aliphatic rings. The molecule has 1 unspecified atom stereocenters. The first kappa shape index (κ1) is 15.3. The number of imidazole rings is 1. The molecule has 126 valence electrons. The van der Waals surface area contributed by atoms with Crippen molar-refractivity contribution in [2.45, 2.75) is 26.1 Å². The van der Waals surface area contributed by atoms with Gasteiger partial charge in [-0.25, -0.2) is 9.37 Å². The third-order valence-electron chi connectivity index (χ3n) is 4.26. The Hall–Kier alpha value is -2.25. The van der Waals surface area contributed by atoms with Crippen molar-refractivity contribution in [3.8, 4) is 0 Å². The Labute approximate surface area is 139 Å². The Morgan fingerprint density at radius 2 is 2.33 bits per heavy atom. The number of aryl methyl sites for hydroxylation is 1. The number of benzene rings is 1. The smallest absolute Gasteiger partial charge is 0.151 e. The summed E-state index contributed by atoms with van der Waals surface area (Å²) in [5.74, 6) is 0.495. The summed E-state index contributed by atoms with van der Waals surface area (Å²) in [6.45, 7) is 5.75. The summed E-state index contributed by atoms with van der Waals surface area (Å²) in [5.41, 5.74) is 2.29. The van der Waals surface area contributed by atoms with Crippen molar-refractivity contribution in [3.05, 3.63) is 47.8 Å². The topological polar surface area (TPSA) is 59.0 Å². The monoisotopic (exact) mass is 329 g/mol. The van der Waals surface area contributed by atoms with E-state index < -0.39 is 0 Å². The molecule has 0 saturated carbocycles. The number of nitrogens with zero attached hydrogens (tertiary/aromatic N) is 4. The molecule has 7 heteroatoms. The molecular formula is C17H20FN5O. The number of fused-ring (bicyclic) bond motifs is 1. The molecule has 6 nitrogen and oxygen atoms in total. The molecule has 1 atom stereocenters. The fourth-order valence-corrected chi connectivity index (χ4v) is 3.14. The van der Waals surface area contributed by atoms with Crippen LogP contribution in [0.3, 0.4) is 0 Å². The van der Waals surface area contributed by atoms with Gasteiger partial charge >= 0.3 is 0 Å². The average Bonchev–Trinajstić information content (AvgIpc) is 3.14. The van der Waals surface area contributed by atoms with Crippen LogP contribution >= 0.6 is 0 Å². The van der Waals surface area contributed by atoms with Gasteiger partial charge in [0, 0.05) is 19.3 Å². The number of hydrogen-bond donors (Lipinski definition) is 1. The zero-order chi connectivity index (χ0) is 16.5. The van der Waals surface area contributed by atoms with E-state index in [0.717, 1.165) is 36.5 Å². The summed E-state index contributed by atoms with van der Waals surface area (Å²) in [6.07, 6.45) is 3.97. The SMILES string of the molecule is Cc1cnn(CC2CN(Cc3nc4c(F)cccc4[nH]3)CCO2)c1. The lowest BCUT2D eigenvalue weighted by Crippen LogP contribution is -2.43. The second-order valence-electron chi connectivity index (χ2n) is 6.29. The van der Waals surface area contributed by atoms with Gasteiger partial charge in [-0.15, -0.1) is 0 Å². The van der Waals surface area contributed by atoms with Crippen molar-refractivity contribution in [1.82, 2.24) is 24.6 Å². The van der Waals surface area contributed by atoms with E-state index in [1.807, 2.05) is 30.1 Å². The van der Waals surface area contributed by atoms with Gasteiger partial charge in [-0.05, 0) is 24.6 Å². The molecule has 0 aliphatic carbocycles. The number of para-hydroxylation sites is 1. The van der Waals surface area contributed by atoms with Crippen LogP contribution in [0, 0.1) is 12.7 Å². The van der Waals surface area contributed by atoms with Gasteiger partial charge in [-0.3, -0.25) is 9.58 Å². The fraction of sp³-hybridized carbons (Fsp3) is 0.412. The largest absolute Gasteiger partial charge is 0.374 e. The molecule has 0 bridgehead atoms. The Kier molecular flexibility index (Phi) is 4.03. The minimum Gasteiger partial charge on any atom is -0.374 e. The number of ether oxygens (including phenoxy) is 1. The Morgan fingerprint density at radius 3 is 3.12 bits per heavy atom. The number of hydrogen-bond acceptors (Lipinski definition) is 4. The van der Waals surface area contributed by atoms with Crippen LogP contribution < -0.4 is 0 Å². The molecular weight excluding hydrogens is 309 g/mol. The lowest BCUT2D eigenvalue weighted by molar-refractivity contribution is -0.0408. The Bertz CT molecular complexity index is 842. The second-order valence-corrected chi connectivity index (χ2v) is 6.29. The first-order chi connectivity index (χ1) is 11.7. The molecule has 24 heavy (non-hydrogen) atoms. The van der Waals surface area contributed by atoms with Crippen molar-refractivity contribution in [2.24, 2.45) is 0 Å². The zero-order valence-corrected chi connectivity index (χ0v) is 13.6. The van der Waals surface area contributed by atoms with Crippen molar-refractivity contribution in [2.75, 3.05) is 19.7 Å². The van der Waals surface area contributed by atoms with Gasteiger partial charge in [-0.2, -0.15) is 5.10 Å². The van der Waals surface area contributed by atoms with E-state index in [1.165, 1.54) is 6.07 Å². The molecule has 0 radical (unpaired) electrons. The molecule has 1 aromatic carbocycles. The highest BCUT2D eigenvalue weighted by atomic mass is 19.1. The minimum absolute atomic E-state index is 0.0964. The van der Waals surface area contributed by atoms with Gasteiger partial charge in [0.1, 0.15) is 11.3 Å². The molecule has 1 saturated heterocycles. The summed E-state index contributed by atoms with van der Waals surface area (Å²) < 4.78 is 21.5. The Morgan fingerprint density at radius 1 is 1.42 bits per heavy atom. The number of H-pyrrole nitrogens is 1. The number of morpholine rings is 1. The van der Waals surface area contributed by atoms with E-state index in [4.69, 9.17) is 4.74 Å². The standard InChI is InChI=1S/C17H20FN5O/c1-12-7-19-23(8-12)10-13-9-22(5-6-24-13)11-16-20-15-4-2-3-14(18)17(15)21-16/h2-4,7-8,13H,5-6,9-11H2,1H3,(H,20,21). The van der Waals surface area contributed by atoms with Crippen LogP contribution in [0.5, 0.6) is 0 Å². The molecule has 4 rings (SSSR count). The number of rotatable bonds is 4. The molecule has 3 aromatic rings. The van der Waals surface area contributed by atoms with Crippen LogP contribution in [0.25, 0.3) is 11.0 Å². The highest BCUT2D eigenvalue weighted by Crippen LogP contribution is 2.17. The minimum atomic E-state index is -0.288. The zero-order valence-electron chi connectivity index (χ0n) is 13.6. The normalized spacial score (nSPS) is 19.2. The van der Waals surface area contributed by atoms with E-state index in [-0.39, 0.29) is 11.9 Å². The fourth-order valence-electron chi connectivity index (χ4n) is 3.14. The summed E-state index contributed by atoms with van der Waals surface area (Å²) in [6, 6.07) is 4.97. The number of nitrogens with one attached hydrogen (secondary N) is 1. The van der Waals surface area contributed by atoms with Gasteiger partial charge in [-0.1, -0.05) is 6.07 Å². The van der Waals surface area contributed by atoms with Crippen molar-refractivity contribution in [3.63, 3.8) is 0 Å². The highest BCUT2D eigenvalue weighted by Gasteiger charge is 2.22. The second kappa shape index (κ2) is 6.33. The van der Waals surface area contributed by atoms with E-state index in [2.05, 4.69) is 20.0 Å². The third-order valence-corrected chi connectivity index (χ3v) is 4.26. The first-order valence-corrected chi connectivity index (χ1v) is 8.13. The number of halogens is 1. The molecule has 3 heterocycles. The molecule has 0 spiro atoms. The third kappa shape index (κ3) is 3.18. The first-order valence-electron chi connectivity index (χ1n) is 8.13. The summed E-state index contributed by atoms with van der Waals surface area (Å²) in [5, 5.41) is 4.32.